The number of nitrogens with zero attached hydrogens (tertiary/aromatic N) is 2. The fourth-order valence-electron chi connectivity index (χ4n) is 2.83. The average molecular weight is 401 g/mol. The van der Waals surface area contributed by atoms with Crippen LogP contribution in [-0.4, -0.2) is 32.6 Å². The maximum atomic E-state index is 12.4. The molecule has 0 saturated heterocycles. The molecule has 4 heterocycles. The third-order valence-electron chi connectivity index (χ3n) is 4.06. The van der Waals surface area contributed by atoms with Gasteiger partial charge in [0, 0.05) is 18.0 Å². The third-order valence-corrected chi connectivity index (χ3v) is 7.53. The van der Waals surface area contributed by atoms with Crippen molar-refractivity contribution in [3.8, 4) is 0 Å². The minimum Gasteiger partial charge on any atom is -0.871 e. The summed E-state index contributed by atoms with van der Waals surface area (Å²) < 4.78 is 49.6. The van der Waals surface area contributed by atoms with Gasteiger partial charge in [-0.3, -0.25) is 4.79 Å². The summed E-state index contributed by atoms with van der Waals surface area (Å²) in [7, 11) is -8.19. The smallest absolute Gasteiger partial charge is 0.228 e. The van der Waals surface area contributed by atoms with E-state index in [2.05, 4.69) is 9.97 Å². The quantitative estimate of drug-likeness (QED) is 0.660. The fourth-order valence-corrected chi connectivity index (χ4v) is 5.77. The van der Waals surface area contributed by atoms with Gasteiger partial charge in [-0.05, 0) is 30.4 Å². The van der Waals surface area contributed by atoms with Gasteiger partial charge in [-0.1, -0.05) is 17.9 Å². The van der Waals surface area contributed by atoms with Crippen LogP contribution in [0.5, 0.6) is 0 Å². The van der Waals surface area contributed by atoms with Crippen molar-refractivity contribution in [2.24, 2.45) is 0 Å². The van der Waals surface area contributed by atoms with E-state index in [-0.39, 0.29) is 21.2 Å². The molecule has 0 spiro atoms. The molecular formula is C17H9N2O6S2-. The van der Waals surface area contributed by atoms with E-state index in [0.29, 0.717) is 0 Å². The van der Waals surface area contributed by atoms with Gasteiger partial charge in [-0.25, -0.2) is 26.8 Å². The Kier molecular flexibility index (Phi) is 3.65. The number of allylic oxidation sites excluding steroid dienone is 4. The van der Waals surface area contributed by atoms with Crippen LogP contribution in [0.3, 0.4) is 0 Å². The van der Waals surface area contributed by atoms with E-state index in [4.69, 9.17) is 0 Å². The maximum absolute atomic E-state index is 12.4. The number of rotatable bonds is 2. The molecule has 0 aromatic carbocycles. The van der Waals surface area contributed by atoms with Crippen molar-refractivity contribution in [2.75, 3.05) is 0 Å². The molecule has 2 aromatic rings. The highest BCUT2D eigenvalue weighted by molar-refractivity contribution is 7.97. The number of carbonyl (C=O) groups is 1. The first-order valence-corrected chi connectivity index (χ1v) is 10.5. The van der Waals surface area contributed by atoms with Crippen LogP contribution in [-0.2, 0) is 19.7 Å². The van der Waals surface area contributed by atoms with Gasteiger partial charge in [0.1, 0.15) is 4.91 Å². The lowest BCUT2D eigenvalue weighted by atomic mass is 10.2. The summed E-state index contributed by atoms with van der Waals surface area (Å²) >= 11 is 0. The predicted octanol–water partition coefficient (Wildman–Crippen LogP) is 0.403. The number of ketones is 1. The second kappa shape index (κ2) is 5.69. The zero-order valence-corrected chi connectivity index (χ0v) is 15.0. The number of Topliss-reactive ketones (excluding diaryl/α,β-unsaturated/α-hetero) is 1. The monoisotopic (exact) mass is 401 g/mol. The van der Waals surface area contributed by atoms with Gasteiger partial charge in [-0.15, -0.1) is 0 Å². The van der Waals surface area contributed by atoms with Crippen LogP contribution in [0.2, 0.25) is 0 Å². The Balaban J connectivity index is 1.76. The molecule has 2 aromatic heterocycles. The molecule has 0 fully saturated rings. The van der Waals surface area contributed by atoms with Crippen molar-refractivity contribution in [2.45, 2.75) is 10.1 Å². The molecule has 0 bridgehead atoms. The molecule has 0 N–H and O–H groups in total. The molecule has 0 aliphatic carbocycles. The van der Waals surface area contributed by atoms with Crippen LogP contribution < -0.4 is 5.11 Å². The number of hydrogen-bond donors (Lipinski definition) is 0. The summed E-state index contributed by atoms with van der Waals surface area (Å²) in [6, 6.07) is 5.56. The lowest BCUT2D eigenvalue weighted by Crippen LogP contribution is -2.04. The second-order valence-electron chi connectivity index (χ2n) is 5.63. The Morgan fingerprint density at radius 1 is 0.889 bits per heavy atom. The topological polar surface area (TPSA) is 134 Å². The van der Waals surface area contributed by atoms with Gasteiger partial charge < -0.3 is 5.11 Å². The second-order valence-corrected chi connectivity index (χ2v) is 9.30. The van der Waals surface area contributed by atoms with E-state index in [1.165, 1.54) is 36.7 Å². The van der Waals surface area contributed by atoms with Gasteiger partial charge in [0.25, 0.3) is 0 Å². The van der Waals surface area contributed by atoms with E-state index in [9.17, 15) is 26.7 Å². The van der Waals surface area contributed by atoms with E-state index >= 15 is 0 Å². The first kappa shape index (κ1) is 17.3. The van der Waals surface area contributed by atoms with Crippen LogP contribution in [0.15, 0.2) is 74.7 Å². The Bertz CT molecular complexity index is 1320. The van der Waals surface area contributed by atoms with Crippen LogP contribution in [0.4, 0.5) is 0 Å². The normalized spacial score (nSPS) is 21.0. The molecule has 0 radical (unpaired) electrons. The zero-order valence-electron chi connectivity index (χ0n) is 13.4. The molecule has 2 aliphatic rings. The first-order chi connectivity index (χ1) is 12.8. The highest BCUT2D eigenvalue weighted by atomic mass is 32.2. The van der Waals surface area contributed by atoms with Gasteiger partial charge in [0.05, 0.1) is 10.5 Å². The number of aromatic nitrogens is 2. The Labute approximate surface area is 154 Å². The molecule has 27 heavy (non-hydrogen) atoms. The minimum absolute atomic E-state index is 0.0500. The van der Waals surface area contributed by atoms with Crippen LogP contribution in [0.25, 0.3) is 5.76 Å². The molecule has 4 rings (SSSR count). The lowest BCUT2D eigenvalue weighted by Gasteiger charge is -2.07. The first-order valence-electron chi connectivity index (χ1n) is 7.51. The zero-order chi connectivity index (χ0) is 19.4. The summed E-state index contributed by atoms with van der Waals surface area (Å²) in [5.74, 6) is -1.48. The highest BCUT2D eigenvalue weighted by Gasteiger charge is 2.40. The number of hydrogen-bond acceptors (Lipinski definition) is 8. The standard InChI is InChI=1S/C17H10N2O6S2/c20-14-10-4-2-8-18-16(10)26(22,23)12(14)6-1-7-13-15(21)11-5-3-9-19-17(11)27(13,24)25/h1-9,20H/p-1/b6-1+,13-7-. The molecule has 0 atom stereocenters. The van der Waals surface area contributed by atoms with Gasteiger partial charge in [0.2, 0.25) is 25.5 Å². The van der Waals surface area contributed by atoms with E-state index < -0.39 is 41.0 Å². The summed E-state index contributed by atoms with van der Waals surface area (Å²) in [6.07, 6.45) is 5.49. The van der Waals surface area contributed by atoms with Gasteiger partial charge in [-0.2, -0.15) is 0 Å². The maximum Gasteiger partial charge on any atom is 0.228 e. The molecule has 136 valence electrons. The van der Waals surface area contributed by atoms with E-state index in [1.807, 2.05) is 0 Å². The Morgan fingerprint density at radius 3 is 2.07 bits per heavy atom. The Morgan fingerprint density at radius 2 is 1.48 bits per heavy atom. The number of fused-ring (bicyclic) bond motifs is 2. The predicted molar refractivity (Wildman–Crippen MR) is 91.3 cm³/mol. The lowest BCUT2D eigenvalue weighted by molar-refractivity contribution is -0.244. The number of pyridine rings is 2. The van der Waals surface area contributed by atoms with Crippen molar-refractivity contribution in [3.05, 3.63) is 75.8 Å². The molecular weight excluding hydrogens is 392 g/mol. The van der Waals surface area contributed by atoms with Crippen molar-refractivity contribution in [3.63, 3.8) is 0 Å². The van der Waals surface area contributed by atoms with Crippen LogP contribution in [0, 0.1) is 0 Å². The molecule has 8 nitrogen and oxygen atoms in total. The largest absolute Gasteiger partial charge is 0.871 e. The molecule has 2 aliphatic heterocycles. The summed E-state index contributed by atoms with van der Waals surface area (Å²) in [5.41, 5.74) is -0.100. The summed E-state index contributed by atoms with van der Waals surface area (Å²) in [4.78, 5) is 18.7. The number of carbonyl (C=O) groups excluding carboxylic acids is 1. The third kappa shape index (κ3) is 2.37. The van der Waals surface area contributed by atoms with Crippen molar-refractivity contribution < 1.29 is 26.7 Å². The van der Waals surface area contributed by atoms with Gasteiger partial charge in [0.15, 0.2) is 10.1 Å². The van der Waals surface area contributed by atoms with Crippen molar-refractivity contribution in [1.82, 2.24) is 9.97 Å². The van der Waals surface area contributed by atoms with Crippen molar-refractivity contribution in [1.29, 1.82) is 0 Å². The Hall–Kier alpha value is -3.11. The SMILES string of the molecule is O=C1/C(=C/C=C/C2=C([O-])c3cccnc3S2(=O)=O)S(=O)(=O)c2ncccc21. The van der Waals surface area contributed by atoms with E-state index in [1.54, 1.807) is 0 Å². The summed E-state index contributed by atoms with van der Waals surface area (Å²) in [5, 5.41) is 11.6. The molecule has 0 unspecified atom stereocenters. The molecule has 0 amide bonds. The fraction of sp³-hybridized carbons (Fsp3) is 0. The molecule has 0 saturated carbocycles. The van der Waals surface area contributed by atoms with Gasteiger partial charge >= 0.3 is 0 Å². The molecule has 10 heteroatoms. The van der Waals surface area contributed by atoms with Crippen LogP contribution >= 0.6 is 0 Å². The average Bonchev–Trinajstić information content (AvgIpc) is 2.96. The van der Waals surface area contributed by atoms with Crippen LogP contribution in [0.1, 0.15) is 15.9 Å². The summed E-state index contributed by atoms with van der Waals surface area (Å²) in [6.45, 7) is 0. The van der Waals surface area contributed by atoms with Crippen molar-refractivity contribution >= 4 is 31.2 Å². The highest BCUT2D eigenvalue weighted by Crippen LogP contribution is 2.36. The number of sulfone groups is 2. The minimum atomic E-state index is -4.09. The van der Waals surface area contributed by atoms with E-state index in [0.717, 1.165) is 18.2 Å².